The molecule has 1 fully saturated rings. The summed E-state index contributed by atoms with van der Waals surface area (Å²) in [5, 5.41) is 8.97. The molecule has 0 bridgehead atoms. The third kappa shape index (κ3) is 5.43. The van der Waals surface area contributed by atoms with Crippen LogP contribution >= 0.6 is 0 Å². The number of carbonyl (C=O) groups is 1. The highest BCUT2D eigenvalue weighted by Gasteiger charge is 2.40. The Labute approximate surface area is 208 Å². The van der Waals surface area contributed by atoms with Crippen molar-refractivity contribution in [3.05, 3.63) is 101 Å². The Kier molecular flexibility index (Phi) is 6.92. The van der Waals surface area contributed by atoms with Crippen LogP contribution in [0.3, 0.4) is 0 Å². The van der Waals surface area contributed by atoms with Crippen molar-refractivity contribution in [2.75, 3.05) is 13.1 Å². The van der Waals surface area contributed by atoms with E-state index < -0.39 is 5.97 Å². The zero-order valence-electron chi connectivity index (χ0n) is 20.6. The van der Waals surface area contributed by atoms with E-state index in [4.69, 9.17) is 9.84 Å². The van der Waals surface area contributed by atoms with Crippen molar-refractivity contribution in [1.29, 1.82) is 0 Å². The fraction of sp³-hybridized carbons (Fsp3) is 0.387. The maximum absolute atomic E-state index is 10.9. The molecule has 0 amide bonds. The van der Waals surface area contributed by atoms with Gasteiger partial charge in [-0.2, -0.15) is 0 Å². The summed E-state index contributed by atoms with van der Waals surface area (Å²) in [5.74, 6) is 0.0228. The van der Waals surface area contributed by atoms with Crippen LogP contribution in [0.1, 0.15) is 66.3 Å². The predicted octanol–water partition coefficient (Wildman–Crippen LogP) is 6.32. The van der Waals surface area contributed by atoms with E-state index in [1.54, 1.807) is 11.1 Å². The van der Waals surface area contributed by atoms with Crippen LogP contribution in [-0.4, -0.2) is 29.1 Å². The van der Waals surface area contributed by atoms with Crippen molar-refractivity contribution in [1.82, 2.24) is 4.90 Å². The second-order valence-corrected chi connectivity index (χ2v) is 10.4. The Balaban J connectivity index is 1.10. The Morgan fingerprint density at radius 1 is 0.943 bits per heavy atom. The maximum Gasteiger partial charge on any atom is 0.303 e. The molecule has 1 N–H and O–H groups in total. The first-order valence-electron chi connectivity index (χ1n) is 12.8. The monoisotopic (exact) mass is 469 g/mol. The number of ether oxygens (including phenoxy) is 1. The van der Waals surface area contributed by atoms with E-state index in [0.717, 1.165) is 23.4 Å². The normalized spacial score (nSPS) is 17.7. The van der Waals surface area contributed by atoms with Gasteiger partial charge in [-0.1, -0.05) is 67.6 Å². The Bertz CT molecular complexity index is 1140. The molecule has 3 aromatic carbocycles. The first kappa shape index (κ1) is 23.6. The molecule has 2 aliphatic rings. The minimum atomic E-state index is -0.773. The molecule has 0 aromatic heterocycles. The van der Waals surface area contributed by atoms with E-state index in [9.17, 15) is 4.79 Å². The van der Waals surface area contributed by atoms with Gasteiger partial charge in [-0.25, -0.2) is 0 Å². The van der Waals surface area contributed by atoms with Gasteiger partial charge in [0.05, 0.1) is 6.42 Å². The lowest BCUT2D eigenvalue weighted by Crippen LogP contribution is -2.41. The lowest BCUT2D eigenvalue weighted by Gasteiger charge is -2.40. The van der Waals surface area contributed by atoms with Gasteiger partial charge in [0, 0.05) is 6.54 Å². The van der Waals surface area contributed by atoms with Crippen molar-refractivity contribution in [2.45, 2.75) is 63.5 Å². The minimum Gasteiger partial charge on any atom is -0.489 e. The highest BCUT2D eigenvalue weighted by atomic mass is 16.5. The number of aryl methyl sites for hydroxylation is 1. The summed E-state index contributed by atoms with van der Waals surface area (Å²) in [6.45, 7) is 5.80. The number of rotatable bonds is 8. The number of carboxylic acid groups (broad SMARTS) is 1. The molecular weight excluding hydrogens is 434 g/mol. The molecule has 4 heteroatoms. The highest BCUT2D eigenvalue weighted by molar-refractivity contribution is 5.68. The van der Waals surface area contributed by atoms with Crippen molar-refractivity contribution in [3.8, 4) is 5.75 Å². The molecule has 1 unspecified atom stereocenters. The topological polar surface area (TPSA) is 49.8 Å². The molecule has 1 heterocycles. The van der Waals surface area contributed by atoms with Crippen LogP contribution < -0.4 is 4.74 Å². The van der Waals surface area contributed by atoms with E-state index in [-0.39, 0.29) is 12.3 Å². The Morgan fingerprint density at radius 3 is 2.34 bits per heavy atom. The number of hydrogen-bond donors (Lipinski definition) is 1. The number of likely N-dealkylation sites (tertiary alicyclic amines) is 1. The average Bonchev–Trinajstić information content (AvgIpc) is 3.23. The minimum absolute atomic E-state index is 0.00601. The van der Waals surface area contributed by atoms with E-state index in [1.807, 2.05) is 31.2 Å². The van der Waals surface area contributed by atoms with E-state index >= 15 is 0 Å². The van der Waals surface area contributed by atoms with Crippen LogP contribution in [0.2, 0.25) is 0 Å². The molecule has 182 valence electrons. The largest absolute Gasteiger partial charge is 0.489 e. The molecule has 0 radical (unpaired) electrons. The third-order valence-electron chi connectivity index (χ3n) is 8.04. The SMILES string of the molecule is CC(CC(=O)O)c1ccc(OCc2ccc(CN3CCC4(CCc5ccccc54)CC3)cc2)cc1. The Morgan fingerprint density at radius 2 is 1.63 bits per heavy atom. The molecule has 5 rings (SSSR count). The number of fused-ring (bicyclic) bond motifs is 2. The van der Waals surface area contributed by atoms with Gasteiger partial charge in [0.25, 0.3) is 0 Å². The number of hydrogen-bond acceptors (Lipinski definition) is 3. The van der Waals surface area contributed by atoms with Crippen LogP contribution in [0.15, 0.2) is 72.8 Å². The third-order valence-corrected chi connectivity index (χ3v) is 8.04. The summed E-state index contributed by atoms with van der Waals surface area (Å²) in [6.07, 6.45) is 5.24. The molecule has 1 saturated heterocycles. The van der Waals surface area contributed by atoms with Crippen LogP contribution in [0.4, 0.5) is 0 Å². The molecule has 1 atom stereocenters. The number of aliphatic carboxylic acids is 1. The Hall–Kier alpha value is -3.11. The predicted molar refractivity (Wildman–Crippen MR) is 139 cm³/mol. The molecule has 1 aliphatic carbocycles. The lowest BCUT2D eigenvalue weighted by atomic mass is 9.74. The summed E-state index contributed by atoms with van der Waals surface area (Å²) in [6, 6.07) is 25.6. The summed E-state index contributed by atoms with van der Waals surface area (Å²) < 4.78 is 5.95. The first-order chi connectivity index (χ1) is 17.0. The molecule has 3 aromatic rings. The summed E-state index contributed by atoms with van der Waals surface area (Å²) in [7, 11) is 0. The number of piperidine rings is 1. The van der Waals surface area contributed by atoms with Crippen molar-refractivity contribution >= 4 is 5.97 Å². The van der Waals surface area contributed by atoms with Gasteiger partial charge in [0.15, 0.2) is 0 Å². The van der Waals surface area contributed by atoms with Crippen LogP contribution in [-0.2, 0) is 29.8 Å². The molecule has 1 spiro atoms. The molecule has 4 nitrogen and oxygen atoms in total. The van der Waals surface area contributed by atoms with Crippen LogP contribution in [0.5, 0.6) is 5.75 Å². The first-order valence-corrected chi connectivity index (χ1v) is 12.8. The van der Waals surface area contributed by atoms with Gasteiger partial charge >= 0.3 is 5.97 Å². The molecule has 35 heavy (non-hydrogen) atoms. The second-order valence-electron chi connectivity index (χ2n) is 10.4. The van der Waals surface area contributed by atoms with E-state index in [1.165, 1.54) is 44.3 Å². The number of benzene rings is 3. The maximum atomic E-state index is 10.9. The van der Waals surface area contributed by atoms with Crippen molar-refractivity contribution in [3.63, 3.8) is 0 Å². The van der Waals surface area contributed by atoms with Gasteiger partial charge in [-0.3, -0.25) is 9.69 Å². The van der Waals surface area contributed by atoms with E-state index in [2.05, 4.69) is 53.4 Å². The fourth-order valence-electron chi connectivity index (χ4n) is 5.86. The second kappa shape index (κ2) is 10.2. The number of carboxylic acids is 1. The van der Waals surface area contributed by atoms with Gasteiger partial charge in [0.1, 0.15) is 12.4 Å². The fourth-order valence-corrected chi connectivity index (χ4v) is 5.86. The quantitative estimate of drug-likeness (QED) is 0.419. The average molecular weight is 470 g/mol. The summed E-state index contributed by atoms with van der Waals surface area (Å²) >= 11 is 0. The van der Waals surface area contributed by atoms with Crippen LogP contribution in [0.25, 0.3) is 0 Å². The summed E-state index contributed by atoms with van der Waals surface area (Å²) in [4.78, 5) is 13.5. The highest BCUT2D eigenvalue weighted by Crippen LogP contribution is 2.46. The lowest BCUT2D eigenvalue weighted by molar-refractivity contribution is -0.137. The van der Waals surface area contributed by atoms with Gasteiger partial charge in [-0.15, -0.1) is 0 Å². The van der Waals surface area contributed by atoms with Crippen LogP contribution in [0, 0.1) is 0 Å². The zero-order valence-corrected chi connectivity index (χ0v) is 20.6. The molecule has 1 aliphatic heterocycles. The number of nitrogens with zero attached hydrogens (tertiary/aromatic N) is 1. The molecule has 0 saturated carbocycles. The van der Waals surface area contributed by atoms with Crippen molar-refractivity contribution < 1.29 is 14.6 Å². The smallest absolute Gasteiger partial charge is 0.303 e. The standard InChI is InChI=1S/C31H35NO3/c1-23(20-30(33)34)26-10-12-28(13-11-26)35-22-25-8-6-24(7-9-25)21-32-18-16-31(17-19-32)15-14-27-4-2-3-5-29(27)31/h2-13,23H,14-22H2,1H3,(H,33,34). The van der Waals surface area contributed by atoms with E-state index in [0.29, 0.717) is 12.0 Å². The van der Waals surface area contributed by atoms with Gasteiger partial charge in [-0.05, 0) is 90.1 Å². The van der Waals surface area contributed by atoms with Gasteiger partial charge < -0.3 is 9.84 Å². The zero-order chi connectivity index (χ0) is 24.3. The van der Waals surface area contributed by atoms with Gasteiger partial charge in [0.2, 0.25) is 0 Å². The summed E-state index contributed by atoms with van der Waals surface area (Å²) in [5.41, 5.74) is 7.13. The molecular formula is C31H35NO3. The van der Waals surface area contributed by atoms with Crippen molar-refractivity contribution in [2.24, 2.45) is 0 Å².